The molecule has 5 heteroatoms. The van der Waals surface area contributed by atoms with Gasteiger partial charge in [-0.2, -0.15) is 10.2 Å². The molecule has 1 aromatic carbocycles. The van der Waals surface area contributed by atoms with Crippen molar-refractivity contribution < 1.29 is 0 Å². The molecule has 0 amide bonds. The number of aromatic nitrogens is 2. The number of benzene rings is 1. The average Bonchev–Trinajstić information content (AvgIpc) is 2.35. The minimum atomic E-state index is 0.649. The van der Waals surface area contributed by atoms with Crippen LogP contribution in [0.5, 0.6) is 0 Å². The Kier molecular flexibility index (Phi) is 4.31. The van der Waals surface area contributed by atoms with Gasteiger partial charge in [0.05, 0.1) is 5.69 Å². The molecule has 0 saturated heterocycles. The van der Waals surface area contributed by atoms with Gasteiger partial charge in [0.2, 0.25) is 0 Å². The third-order valence-electron chi connectivity index (χ3n) is 2.26. The predicted octanol–water partition coefficient (Wildman–Crippen LogP) is 3.07. The third-order valence-corrected chi connectivity index (χ3v) is 2.86. The van der Waals surface area contributed by atoms with Crippen molar-refractivity contribution in [2.45, 2.75) is 13.1 Å². The number of nitrogens with zero attached hydrogens (tertiary/aromatic N) is 2. The normalized spacial score (nSPS) is 10.5. The molecule has 3 nitrogen and oxygen atoms in total. The van der Waals surface area contributed by atoms with Crippen LogP contribution in [0.4, 0.5) is 0 Å². The lowest BCUT2D eigenvalue weighted by Gasteiger charge is -2.06. The molecule has 1 heterocycles. The number of rotatable bonds is 4. The second kappa shape index (κ2) is 5.96. The quantitative estimate of drug-likeness (QED) is 0.926. The number of hydrogen-bond donors (Lipinski definition) is 1. The maximum Gasteiger partial charge on any atom is 0.0769 e. The maximum atomic E-state index is 6.05. The van der Waals surface area contributed by atoms with Crippen LogP contribution in [0.1, 0.15) is 11.3 Å². The summed E-state index contributed by atoms with van der Waals surface area (Å²) in [5, 5.41) is 12.4. The van der Waals surface area contributed by atoms with Crippen LogP contribution in [0.3, 0.4) is 0 Å². The molecule has 0 radical (unpaired) electrons. The first-order valence-corrected chi connectivity index (χ1v) is 5.92. The van der Waals surface area contributed by atoms with Crippen molar-refractivity contribution in [1.29, 1.82) is 0 Å². The van der Waals surface area contributed by atoms with E-state index in [0.717, 1.165) is 11.3 Å². The van der Waals surface area contributed by atoms with Gasteiger partial charge >= 0.3 is 0 Å². The number of nitrogens with one attached hydrogen (secondary N) is 1. The summed E-state index contributed by atoms with van der Waals surface area (Å²) in [5.41, 5.74) is 1.87. The minimum absolute atomic E-state index is 0.649. The molecule has 0 fully saturated rings. The highest BCUT2D eigenvalue weighted by atomic mass is 35.5. The molecule has 0 unspecified atom stereocenters. The van der Waals surface area contributed by atoms with Crippen molar-refractivity contribution in [3.05, 3.63) is 57.8 Å². The SMILES string of the molecule is Clc1ccc(Cl)c(CNCc2cccnn2)c1. The molecule has 1 aromatic heterocycles. The molecule has 0 atom stereocenters. The summed E-state index contributed by atoms with van der Waals surface area (Å²) in [7, 11) is 0. The zero-order valence-corrected chi connectivity index (χ0v) is 10.5. The smallest absolute Gasteiger partial charge is 0.0769 e. The molecule has 0 aliphatic heterocycles. The van der Waals surface area contributed by atoms with Gasteiger partial charge in [0.15, 0.2) is 0 Å². The van der Waals surface area contributed by atoms with E-state index in [1.807, 2.05) is 18.2 Å². The second-order valence-electron chi connectivity index (χ2n) is 3.55. The minimum Gasteiger partial charge on any atom is -0.307 e. The van der Waals surface area contributed by atoms with Gasteiger partial charge in [0.25, 0.3) is 0 Å². The van der Waals surface area contributed by atoms with Gasteiger partial charge in [0, 0.05) is 29.3 Å². The van der Waals surface area contributed by atoms with Crippen molar-refractivity contribution in [2.24, 2.45) is 0 Å². The molecule has 2 rings (SSSR count). The molecule has 0 bridgehead atoms. The molecule has 17 heavy (non-hydrogen) atoms. The van der Waals surface area contributed by atoms with E-state index in [1.165, 1.54) is 0 Å². The first-order chi connectivity index (χ1) is 8.25. The Bertz CT molecular complexity index is 488. The Balaban J connectivity index is 1.92. The molecule has 2 aromatic rings. The largest absolute Gasteiger partial charge is 0.307 e. The zero-order chi connectivity index (χ0) is 12.1. The van der Waals surface area contributed by atoms with Crippen molar-refractivity contribution in [3.63, 3.8) is 0 Å². The van der Waals surface area contributed by atoms with Gasteiger partial charge in [-0.3, -0.25) is 0 Å². The summed E-state index contributed by atoms with van der Waals surface area (Å²) in [4.78, 5) is 0. The molecular formula is C12H11Cl2N3. The monoisotopic (exact) mass is 267 g/mol. The van der Waals surface area contributed by atoms with E-state index in [4.69, 9.17) is 23.2 Å². The van der Waals surface area contributed by atoms with E-state index in [2.05, 4.69) is 15.5 Å². The summed E-state index contributed by atoms with van der Waals surface area (Å²) >= 11 is 12.0. The van der Waals surface area contributed by atoms with Crippen LogP contribution in [-0.2, 0) is 13.1 Å². The third kappa shape index (κ3) is 3.66. The fraction of sp³-hybridized carbons (Fsp3) is 0.167. The van der Waals surface area contributed by atoms with Gasteiger partial charge in [-0.1, -0.05) is 23.2 Å². The summed E-state index contributed by atoms with van der Waals surface area (Å²) in [6, 6.07) is 9.20. The lowest BCUT2D eigenvalue weighted by molar-refractivity contribution is 0.670. The van der Waals surface area contributed by atoms with Crippen molar-refractivity contribution in [1.82, 2.24) is 15.5 Å². The van der Waals surface area contributed by atoms with Crippen molar-refractivity contribution in [2.75, 3.05) is 0 Å². The van der Waals surface area contributed by atoms with E-state index >= 15 is 0 Å². The topological polar surface area (TPSA) is 37.8 Å². The molecule has 0 saturated carbocycles. The van der Waals surface area contributed by atoms with Gasteiger partial charge < -0.3 is 5.32 Å². The van der Waals surface area contributed by atoms with Crippen LogP contribution in [0.25, 0.3) is 0 Å². The van der Waals surface area contributed by atoms with E-state index < -0.39 is 0 Å². The van der Waals surface area contributed by atoms with Crippen LogP contribution in [0, 0.1) is 0 Å². The summed E-state index contributed by atoms with van der Waals surface area (Å²) in [5.74, 6) is 0. The Morgan fingerprint density at radius 3 is 2.76 bits per heavy atom. The Hall–Kier alpha value is -1.16. The first-order valence-electron chi connectivity index (χ1n) is 5.17. The average molecular weight is 268 g/mol. The van der Waals surface area contributed by atoms with E-state index in [-0.39, 0.29) is 0 Å². The Labute approximate surface area is 110 Å². The molecule has 88 valence electrons. The van der Waals surface area contributed by atoms with E-state index in [9.17, 15) is 0 Å². The summed E-state index contributed by atoms with van der Waals surface area (Å²) in [6.45, 7) is 1.30. The first kappa shape index (κ1) is 12.3. The van der Waals surface area contributed by atoms with Crippen molar-refractivity contribution >= 4 is 23.2 Å². The molecule has 0 aliphatic carbocycles. The highest BCUT2D eigenvalue weighted by Crippen LogP contribution is 2.20. The maximum absolute atomic E-state index is 6.05. The van der Waals surface area contributed by atoms with Crippen LogP contribution in [0.15, 0.2) is 36.5 Å². The van der Waals surface area contributed by atoms with Crippen LogP contribution in [0.2, 0.25) is 10.0 Å². The van der Waals surface area contributed by atoms with Crippen LogP contribution >= 0.6 is 23.2 Å². The zero-order valence-electron chi connectivity index (χ0n) is 9.03. The highest BCUT2D eigenvalue weighted by molar-refractivity contribution is 6.33. The lowest BCUT2D eigenvalue weighted by Crippen LogP contribution is -2.14. The predicted molar refractivity (Wildman–Crippen MR) is 69.0 cm³/mol. The van der Waals surface area contributed by atoms with Crippen LogP contribution < -0.4 is 5.32 Å². The van der Waals surface area contributed by atoms with Gasteiger partial charge in [0.1, 0.15) is 0 Å². The summed E-state index contributed by atoms with van der Waals surface area (Å²) < 4.78 is 0. The van der Waals surface area contributed by atoms with Crippen molar-refractivity contribution in [3.8, 4) is 0 Å². The molecular weight excluding hydrogens is 257 g/mol. The number of halogens is 2. The standard InChI is InChI=1S/C12H11Cl2N3/c13-10-3-4-12(14)9(6-10)7-15-8-11-2-1-5-16-17-11/h1-6,15H,7-8H2. The molecule has 0 aliphatic rings. The number of hydrogen-bond acceptors (Lipinski definition) is 3. The van der Waals surface area contributed by atoms with Crippen LogP contribution in [-0.4, -0.2) is 10.2 Å². The van der Waals surface area contributed by atoms with E-state index in [1.54, 1.807) is 18.3 Å². The van der Waals surface area contributed by atoms with E-state index in [0.29, 0.717) is 23.1 Å². The Morgan fingerprint density at radius 1 is 1.12 bits per heavy atom. The lowest BCUT2D eigenvalue weighted by atomic mass is 10.2. The Morgan fingerprint density at radius 2 is 2.00 bits per heavy atom. The molecule has 0 spiro atoms. The summed E-state index contributed by atoms with van der Waals surface area (Å²) in [6.07, 6.45) is 1.65. The van der Waals surface area contributed by atoms with Gasteiger partial charge in [-0.15, -0.1) is 0 Å². The fourth-order valence-corrected chi connectivity index (χ4v) is 1.81. The van der Waals surface area contributed by atoms with Gasteiger partial charge in [-0.25, -0.2) is 0 Å². The second-order valence-corrected chi connectivity index (χ2v) is 4.40. The molecule has 1 N–H and O–H groups in total. The highest BCUT2D eigenvalue weighted by Gasteiger charge is 2.01. The fourth-order valence-electron chi connectivity index (χ4n) is 1.43. The van der Waals surface area contributed by atoms with Gasteiger partial charge in [-0.05, 0) is 35.9 Å².